The summed E-state index contributed by atoms with van der Waals surface area (Å²) >= 11 is 0. The third-order valence-electron chi connectivity index (χ3n) is 8.23. The third-order valence-corrected chi connectivity index (χ3v) is 8.23. The molecular formula is C30H36N2. The van der Waals surface area contributed by atoms with E-state index in [0.717, 1.165) is 18.2 Å². The van der Waals surface area contributed by atoms with Crippen molar-refractivity contribution in [2.75, 3.05) is 19.6 Å². The van der Waals surface area contributed by atoms with Gasteiger partial charge in [0.25, 0.3) is 0 Å². The van der Waals surface area contributed by atoms with Crippen molar-refractivity contribution >= 4 is 5.57 Å². The Morgan fingerprint density at radius 2 is 1.69 bits per heavy atom. The molecule has 2 aromatic rings. The summed E-state index contributed by atoms with van der Waals surface area (Å²) in [7, 11) is 0. The number of nitrogens with zero attached hydrogens (tertiary/aromatic N) is 2. The maximum absolute atomic E-state index is 4.42. The summed E-state index contributed by atoms with van der Waals surface area (Å²) in [4.78, 5) is 5.17. The molecule has 2 heterocycles. The van der Waals surface area contributed by atoms with Crippen molar-refractivity contribution in [2.45, 2.75) is 45.1 Å². The van der Waals surface area contributed by atoms with Crippen molar-refractivity contribution in [1.29, 1.82) is 0 Å². The molecule has 2 heteroatoms. The quantitative estimate of drug-likeness (QED) is 0.507. The standard InChI is InChI=1S/C30H36N2/c1-24-21-28(27-13-7-4-8-14-27)15-19-31(24)22-29-16-20-32(23-30(29)17-9-10-18-30)25(2)26-11-5-3-6-12-26/h3-8,11-15,19,21,25,29H,1,9-10,16-18,20,22-23H2,2H3. The van der Waals surface area contributed by atoms with Gasteiger partial charge in [-0.25, -0.2) is 0 Å². The lowest BCUT2D eigenvalue weighted by Crippen LogP contribution is -2.51. The lowest BCUT2D eigenvalue weighted by atomic mass is 9.69. The van der Waals surface area contributed by atoms with Crippen LogP contribution < -0.4 is 0 Å². The maximum atomic E-state index is 4.42. The fourth-order valence-electron chi connectivity index (χ4n) is 6.25. The van der Waals surface area contributed by atoms with Gasteiger partial charge in [0.15, 0.2) is 0 Å². The zero-order valence-electron chi connectivity index (χ0n) is 19.4. The minimum Gasteiger partial charge on any atom is -0.348 e. The van der Waals surface area contributed by atoms with Crippen LogP contribution in [0.5, 0.6) is 0 Å². The molecule has 5 rings (SSSR count). The van der Waals surface area contributed by atoms with Gasteiger partial charge in [0.1, 0.15) is 0 Å². The Kier molecular flexibility index (Phi) is 6.06. The molecule has 1 aliphatic carbocycles. The van der Waals surface area contributed by atoms with E-state index in [1.165, 1.54) is 61.9 Å². The van der Waals surface area contributed by atoms with Crippen LogP contribution in [0.3, 0.4) is 0 Å². The molecule has 1 spiro atoms. The first kappa shape index (κ1) is 21.3. The Balaban J connectivity index is 1.29. The topological polar surface area (TPSA) is 6.48 Å². The Labute approximate surface area is 193 Å². The van der Waals surface area contributed by atoms with Gasteiger partial charge in [-0.05, 0) is 72.9 Å². The lowest BCUT2D eigenvalue weighted by molar-refractivity contribution is 0.00312. The second-order valence-corrected chi connectivity index (χ2v) is 10.0. The van der Waals surface area contributed by atoms with E-state index in [-0.39, 0.29) is 0 Å². The highest BCUT2D eigenvalue weighted by Crippen LogP contribution is 2.50. The molecule has 1 saturated carbocycles. The number of likely N-dealkylation sites (tertiary alicyclic amines) is 1. The third kappa shape index (κ3) is 4.21. The highest BCUT2D eigenvalue weighted by atomic mass is 15.2. The SMILES string of the molecule is C=C1C=C(c2ccccc2)C=CN1CC1CCN(C(C)c2ccccc2)CC12CCCC2. The van der Waals surface area contributed by atoms with E-state index in [1.807, 2.05) is 0 Å². The van der Waals surface area contributed by atoms with Gasteiger partial charge in [-0.2, -0.15) is 0 Å². The van der Waals surface area contributed by atoms with Crippen LogP contribution in [0, 0.1) is 11.3 Å². The Bertz CT molecular complexity index is 982. The van der Waals surface area contributed by atoms with Gasteiger partial charge in [-0.1, -0.05) is 80.1 Å². The van der Waals surface area contributed by atoms with E-state index in [0.29, 0.717) is 11.5 Å². The molecule has 3 aliphatic rings. The molecule has 2 fully saturated rings. The van der Waals surface area contributed by atoms with Crippen LogP contribution in [0.25, 0.3) is 5.57 Å². The normalized spacial score (nSPS) is 24.0. The van der Waals surface area contributed by atoms with Gasteiger partial charge in [-0.3, -0.25) is 4.90 Å². The number of benzene rings is 2. The summed E-state index contributed by atoms with van der Waals surface area (Å²) < 4.78 is 0. The van der Waals surface area contributed by atoms with Crippen LogP contribution in [-0.4, -0.2) is 29.4 Å². The fourth-order valence-corrected chi connectivity index (χ4v) is 6.25. The number of piperidine rings is 1. The van der Waals surface area contributed by atoms with E-state index in [2.05, 4.69) is 102 Å². The van der Waals surface area contributed by atoms with Crippen LogP contribution in [0.1, 0.15) is 56.2 Å². The van der Waals surface area contributed by atoms with Crippen LogP contribution in [-0.2, 0) is 0 Å². The molecule has 0 bridgehead atoms. The van der Waals surface area contributed by atoms with Crippen LogP contribution in [0.4, 0.5) is 0 Å². The fraction of sp³-hybridized carbons (Fsp3) is 0.400. The molecule has 2 aliphatic heterocycles. The average molecular weight is 425 g/mol. The zero-order chi connectivity index (χ0) is 22.0. The monoisotopic (exact) mass is 424 g/mol. The lowest BCUT2D eigenvalue weighted by Gasteiger charge is -2.50. The van der Waals surface area contributed by atoms with Crippen molar-refractivity contribution in [3.63, 3.8) is 0 Å². The molecule has 0 radical (unpaired) electrons. The molecule has 32 heavy (non-hydrogen) atoms. The van der Waals surface area contributed by atoms with E-state index < -0.39 is 0 Å². The molecule has 2 atom stereocenters. The van der Waals surface area contributed by atoms with Crippen molar-refractivity contribution in [2.24, 2.45) is 11.3 Å². The molecule has 2 nitrogen and oxygen atoms in total. The first-order valence-electron chi connectivity index (χ1n) is 12.3. The summed E-state index contributed by atoms with van der Waals surface area (Å²) in [5.74, 6) is 0.734. The number of rotatable bonds is 5. The molecular weight excluding hydrogens is 388 g/mol. The molecule has 166 valence electrons. The predicted octanol–water partition coefficient (Wildman–Crippen LogP) is 7.06. The number of hydrogen-bond donors (Lipinski definition) is 0. The average Bonchev–Trinajstić information content (AvgIpc) is 3.31. The van der Waals surface area contributed by atoms with Gasteiger partial charge in [0.05, 0.1) is 0 Å². The zero-order valence-corrected chi connectivity index (χ0v) is 19.4. The van der Waals surface area contributed by atoms with Crippen LogP contribution >= 0.6 is 0 Å². The highest BCUT2D eigenvalue weighted by molar-refractivity contribution is 5.77. The van der Waals surface area contributed by atoms with Crippen LogP contribution in [0.2, 0.25) is 0 Å². The minimum atomic E-state index is 0.457. The minimum absolute atomic E-state index is 0.457. The van der Waals surface area contributed by atoms with E-state index in [1.54, 1.807) is 0 Å². The summed E-state index contributed by atoms with van der Waals surface area (Å²) in [5.41, 5.74) is 5.55. The summed E-state index contributed by atoms with van der Waals surface area (Å²) in [6.45, 7) is 10.3. The molecule has 2 aromatic carbocycles. The summed E-state index contributed by atoms with van der Waals surface area (Å²) in [6, 6.07) is 22.2. The second-order valence-electron chi connectivity index (χ2n) is 10.0. The van der Waals surface area contributed by atoms with Crippen molar-refractivity contribution in [3.8, 4) is 0 Å². The second kappa shape index (κ2) is 9.11. The van der Waals surface area contributed by atoms with Gasteiger partial charge >= 0.3 is 0 Å². The van der Waals surface area contributed by atoms with Crippen molar-refractivity contribution in [1.82, 2.24) is 9.80 Å². The molecule has 1 saturated heterocycles. The summed E-state index contributed by atoms with van der Waals surface area (Å²) in [6.07, 6.45) is 13.6. The van der Waals surface area contributed by atoms with E-state index in [4.69, 9.17) is 0 Å². The van der Waals surface area contributed by atoms with E-state index >= 15 is 0 Å². The number of hydrogen-bond acceptors (Lipinski definition) is 2. The largest absolute Gasteiger partial charge is 0.348 e. The first-order chi connectivity index (χ1) is 15.6. The Hall–Kier alpha value is -2.58. The van der Waals surface area contributed by atoms with Crippen molar-refractivity contribution < 1.29 is 0 Å². The van der Waals surface area contributed by atoms with Crippen LogP contribution in [0.15, 0.2) is 91.3 Å². The Morgan fingerprint density at radius 3 is 2.38 bits per heavy atom. The molecule has 0 aromatic heterocycles. The smallest absolute Gasteiger partial charge is 0.0339 e. The molecule has 0 N–H and O–H groups in total. The first-order valence-corrected chi connectivity index (χ1v) is 12.3. The Morgan fingerprint density at radius 1 is 1.00 bits per heavy atom. The maximum Gasteiger partial charge on any atom is 0.0339 e. The molecule has 0 amide bonds. The predicted molar refractivity (Wildman–Crippen MR) is 135 cm³/mol. The van der Waals surface area contributed by atoms with Gasteiger partial charge < -0.3 is 4.90 Å². The summed E-state index contributed by atoms with van der Waals surface area (Å²) in [5, 5.41) is 0. The van der Waals surface area contributed by atoms with Crippen molar-refractivity contribution in [3.05, 3.63) is 102 Å². The molecule has 2 unspecified atom stereocenters. The van der Waals surface area contributed by atoms with E-state index in [9.17, 15) is 0 Å². The number of allylic oxidation sites excluding steroid dienone is 3. The highest BCUT2D eigenvalue weighted by Gasteiger charge is 2.46. The van der Waals surface area contributed by atoms with Gasteiger partial charge in [-0.15, -0.1) is 0 Å². The van der Waals surface area contributed by atoms with Gasteiger partial charge in [0.2, 0.25) is 0 Å². The van der Waals surface area contributed by atoms with Gasteiger partial charge in [0, 0.05) is 31.0 Å².